The van der Waals surface area contributed by atoms with Crippen molar-refractivity contribution in [2.45, 2.75) is 11.2 Å². The van der Waals surface area contributed by atoms with Crippen LogP contribution in [0.1, 0.15) is 5.56 Å². The van der Waals surface area contributed by atoms with E-state index < -0.39 is 22.8 Å². The SMILES string of the molecule is O=S([O-])c1c(Br)nc2ccc(C(F)(F)F)cn12. The molecule has 0 aromatic carbocycles. The molecule has 4 nitrogen and oxygen atoms in total. The van der Waals surface area contributed by atoms with Crippen LogP contribution in [0, 0.1) is 0 Å². The van der Waals surface area contributed by atoms with Crippen LogP contribution in [0.2, 0.25) is 0 Å². The monoisotopic (exact) mass is 327 g/mol. The first kappa shape index (κ1) is 12.5. The Hall–Kier alpha value is -0.930. The fourth-order valence-corrected chi connectivity index (χ4v) is 2.57. The van der Waals surface area contributed by atoms with Gasteiger partial charge in [0.2, 0.25) is 0 Å². The Balaban J connectivity index is 2.75. The summed E-state index contributed by atoms with van der Waals surface area (Å²) in [6, 6.07) is 1.94. The maximum atomic E-state index is 12.5. The summed E-state index contributed by atoms with van der Waals surface area (Å²) in [4.78, 5) is 3.78. The molecule has 0 aliphatic heterocycles. The van der Waals surface area contributed by atoms with Crippen LogP contribution in [0.15, 0.2) is 28.0 Å². The van der Waals surface area contributed by atoms with Crippen LogP contribution >= 0.6 is 15.9 Å². The molecule has 0 amide bonds. The molecule has 0 spiro atoms. The van der Waals surface area contributed by atoms with E-state index in [1.54, 1.807) is 0 Å². The molecule has 2 heterocycles. The van der Waals surface area contributed by atoms with Crippen LogP contribution in [-0.4, -0.2) is 18.1 Å². The zero-order valence-corrected chi connectivity index (χ0v) is 10.3. The highest BCUT2D eigenvalue weighted by Crippen LogP contribution is 2.30. The van der Waals surface area contributed by atoms with Gasteiger partial charge in [-0.05, 0) is 39.1 Å². The lowest BCUT2D eigenvalue weighted by Gasteiger charge is -2.09. The Labute approximate surface area is 104 Å². The first-order valence-electron chi connectivity index (χ1n) is 4.15. The number of hydrogen-bond acceptors (Lipinski definition) is 3. The van der Waals surface area contributed by atoms with Gasteiger partial charge in [0.05, 0.1) is 5.56 Å². The van der Waals surface area contributed by atoms with Gasteiger partial charge in [-0.2, -0.15) is 13.2 Å². The highest BCUT2D eigenvalue weighted by atomic mass is 79.9. The molecule has 0 saturated heterocycles. The van der Waals surface area contributed by atoms with E-state index in [4.69, 9.17) is 0 Å². The average molecular weight is 328 g/mol. The zero-order chi connectivity index (χ0) is 12.8. The minimum absolute atomic E-state index is 0.0230. The summed E-state index contributed by atoms with van der Waals surface area (Å²) < 4.78 is 60.0. The van der Waals surface area contributed by atoms with Gasteiger partial charge in [-0.1, -0.05) is 0 Å². The smallest absolute Gasteiger partial charge is 0.417 e. The number of hydrogen-bond donors (Lipinski definition) is 0. The summed E-state index contributed by atoms with van der Waals surface area (Å²) in [6.45, 7) is 0. The van der Waals surface area contributed by atoms with E-state index >= 15 is 0 Å². The minimum atomic E-state index is -4.54. The van der Waals surface area contributed by atoms with Crippen molar-refractivity contribution in [2.24, 2.45) is 0 Å². The van der Waals surface area contributed by atoms with Gasteiger partial charge >= 0.3 is 6.18 Å². The summed E-state index contributed by atoms with van der Waals surface area (Å²) in [5.74, 6) is 0. The van der Waals surface area contributed by atoms with Gasteiger partial charge in [-0.15, -0.1) is 0 Å². The molecule has 2 aromatic heterocycles. The summed E-state index contributed by atoms with van der Waals surface area (Å²) in [7, 11) is 0. The second kappa shape index (κ2) is 4.07. The van der Waals surface area contributed by atoms with Crippen molar-refractivity contribution in [3.63, 3.8) is 0 Å². The molecule has 2 aromatic rings. The van der Waals surface area contributed by atoms with Crippen LogP contribution in [-0.2, 0) is 17.3 Å². The molecule has 0 saturated carbocycles. The fourth-order valence-electron chi connectivity index (χ4n) is 1.31. The van der Waals surface area contributed by atoms with Gasteiger partial charge in [-0.25, -0.2) is 4.98 Å². The van der Waals surface area contributed by atoms with Gasteiger partial charge in [0.15, 0.2) is 0 Å². The third kappa shape index (κ3) is 2.22. The van der Waals surface area contributed by atoms with Crippen LogP contribution in [0.25, 0.3) is 5.65 Å². The van der Waals surface area contributed by atoms with Crippen molar-refractivity contribution in [1.82, 2.24) is 9.38 Å². The molecule has 0 aliphatic carbocycles. The largest absolute Gasteiger partial charge is 0.767 e. The van der Waals surface area contributed by atoms with Gasteiger partial charge in [0, 0.05) is 6.20 Å². The first-order valence-corrected chi connectivity index (χ1v) is 6.01. The summed E-state index contributed by atoms with van der Waals surface area (Å²) in [5.41, 5.74) is -0.828. The summed E-state index contributed by atoms with van der Waals surface area (Å²) in [5, 5.41) is -0.342. The predicted molar refractivity (Wildman–Crippen MR) is 55.1 cm³/mol. The van der Waals surface area contributed by atoms with Crippen LogP contribution < -0.4 is 0 Å². The minimum Gasteiger partial charge on any atom is -0.767 e. The van der Waals surface area contributed by atoms with E-state index in [0.717, 1.165) is 16.5 Å². The van der Waals surface area contributed by atoms with E-state index in [1.165, 1.54) is 0 Å². The summed E-state index contributed by atoms with van der Waals surface area (Å²) >= 11 is 0.196. The second-order valence-electron chi connectivity index (χ2n) is 3.09. The van der Waals surface area contributed by atoms with Crippen molar-refractivity contribution in [3.05, 3.63) is 28.5 Å². The van der Waals surface area contributed by atoms with Crippen LogP contribution in [0.4, 0.5) is 13.2 Å². The Morgan fingerprint density at radius 2 is 2.06 bits per heavy atom. The van der Waals surface area contributed by atoms with Gasteiger partial charge in [0.25, 0.3) is 0 Å². The van der Waals surface area contributed by atoms with E-state index in [9.17, 15) is 21.9 Å². The van der Waals surface area contributed by atoms with Crippen molar-refractivity contribution in [1.29, 1.82) is 0 Å². The highest BCUT2D eigenvalue weighted by Gasteiger charge is 2.31. The molecule has 2 rings (SSSR count). The van der Waals surface area contributed by atoms with Gasteiger partial charge in [-0.3, -0.25) is 8.61 Å². The normalized spacial score (nSPS) is 14.2. The third-order valence-electron chi connectivity index (χ3n) is 2.02. The van der Waals surface area contributed by atoms with Crippen molar-refractivity contribution in [3.8, 4) is 0 Å². The standard InChI is InChI=1S/C8H4BrF3N2O2S/c9-6-7(17(15)16)14-3-4(8(10,11)12)1-2-5(14)13-6/h1-3H,(H,15,16)/p-1. The van der Waals surface area contributed by atoms with Crippen LogP contribution in [0.5, 0.6) is 0 Å². The second-order valence-corrected chi connectivity index (χ2v) is 4.69. The average Bonchev–Trinajstić information content (AvgIpc) is 2.50. The number of aromatic nitrogens is 2. The number of fused-ring (bicyclic) bond motifs is 1. The van der Waals surface area contributed by atoms with E-state index in [0.29, 0.717) is 6.20 Å². The number of pyridine rings is 1. The van der Waals surface area contributed by atoms with Gasteiger partial charge < -0.3 is 4.55 Å². The molecule has 17 heavy (non-hydrogen) atoms. The van der Waals surface area contributed by atoms with E-state index in [2.05, 4.69) is 20.9 Å². The molecule has 0 fully saturated rings. The van der Waals surface area contributed by atoms with E-state index in [1.807, 2.05) is 0 Å². The number of rotatable bonds is 1. The lowest BCUT2D eigenvalue weighted by Crippen LogP contribution is -2.07. The Bertz CT molecular complexity index is 611. The Kier molecular flexibility index (Phi) is 3.00. The molecule has 0 bridgehead atoms. The number of nitrogens with zero attached hydrogens (tertiary/aromatic N) is 2. The lowest BCUT2D eigenvalue weighted by atomic mass is 10.3. The molecule has 9 heteroatoms. The zero-order valence-electron chi connectivity index (χ0n) is 7.86. The van der Waals surface area contributed by atoms with Gasteiger partial charge in [0.1, 0.15) is 15.3 Å². The molecule has 0 aliphatic rings. The highest BCUT2D eigenvalue weighted by molar-refractivity contribution is 9.10. The topological polar surface area (TPSA) is 57.4 Å². The van der Waals surface area contributed by atoms with Crippen molar-refractivity contribution < 1.29 is 21.9 Å². The fraction of sp³-hybridized carbons (Fsp3) is 0.125. The third-order valence-corrected chi connectivity index (χ3v) is 3.54. The van der Waals surface area contributed by atoms with E-state index in [-0.39, 0.29) is 15.3 Å². The predicted octanol–water partition coefficient (Wildman–Crippen LogP) is 2.35. The molecule has 0 radical (unpaired) electrons. The molecule has 92 valence electrons. The molecule has 1 unspecified atom stereocenters. The quantitative estimate of drug-likeness (QED) is 0.755. The number of imidazole rings is 1. The molecular weight excluding hydrogens is 325 g/mol. The van der Waals surface area contributed by atoms with Crippen LogP contribution in [0.3, 0.4) is 0 Å². The Morgan fingerprint density at radius 1 is 1.41 bits per heavy atom. The number of alkyl halides is 3. The summed E-state index contributed by atoms with van der Waals surface area (Å²) in [6.07, 6.45) is -3.84. The van der Waals surface area contributed by atoms with Crippen molar-refractivity contribution in [2.75, 3.05) is 0 Å². The molecular formula is C8H3BrF3N2O2S-. The maximum Gasteiger partial charge on any atom is 0.417 e. The van der Waals surface area contributed by atoms with Crippen molar-refractivity contribution >= 4 is 32.7 Å². The molecule has 0 N–H and O–H groups in total. The molecule has 1 atom stereocenters. The Morgan fingerprint density at radius 3 is 2.59 bits per heavy atom. The maximum absolute atomic E-state index is 12.5. The number of halogens is 4. The lowest BCUT2D eigenvalue weighted by molar-refractivity contribution is -0.137. The first-order chi connectivity index (χ1) is 7.80.